The van der Waals surface area contributed by atoms with Gasteiger partial charge in [-0.25, -0.2) is 9.97 Å². The van der Waals surface area contributed by atoms with Crippen molar-refractivity contribution in [3.63, 3.8) is 0 Å². The van der Waals surface area contributed by atoms with Crippen LogP contribution in [0.5, 0.6) is 0 Å². The topological polar surface area (TPSA) is 44.5 Å². The lowest BCUT2D eigenvalue weighted by Gasteiger charge is -2.14. The van der Waals surface area contributed by atoms with Gasteiger partial charge in [0.2, 0.25) is 11.6 Å². The fraction of sp³-hybridized carbons (Fsp3) is 0.0286. The molecular formula is C70H44N6. The molecule has 0 saturated heterocycles. The van der Waals surface area contributed by atoms with Crippen LogP contribution >= 0.6 is 0 Å². The lowest BCUT2D eigenvalue weighted by molar-refractivity contribution is 1.10. The zero-order valence-electron chi connectivity index (χ0n) is 41.6. The first-order chi connectivity index (χ1) is 37.6. The van der Waals surface area contributed by atoms with Gasteiger partial charge < -0.3 is 0 Å². The molecule has 6 heteroatoms. The maximum atomic E-state index is 5.58. The molecule has 76 heavy (non-hydrogen) atoms. The molecule has 0 saturated carbocycles. The lowest BCUT2D eigenvalue weighted by Crippen LogP contribution is -1.97. The van der Waals surface area contributed by atoms with E-state index in [0.717, 1.165) is 78.2 Å². The molecule has 4 aromatic heterocycles. The average molecular weight is 969 g/mol. The highest BCUT2D eigenvalue weighted by atomic mass is 15.2. The van der Waals surface area contributed by atoms with Crippen LogP contribution in [0.1, 0.15) is 11.1 Å². The first-order valence-corrected chi connectivity index (χ1v) is 26.2. The summed E-state index contributed by atoms with van der Waals surface area (Å²) in [5.41, 5.74) is 12.9. The van der Waals surface area contributed by atoms with Gasteiger partial charge in [-0.3, -0.25) is 17.9 Å². The van der Waals surface area contributed by atoms with Crippen LogP contribution in [-0.2, 0) is 0 Å². The SMILES string of the molecule is Cc1cccc2c1nc1n(-c3cc(C)c4nc5n(-c6ccc7c8ccccc8c8cc9c%10ccccc%10c%10ccccc%10c%10ccccc%10c9cc8c8ccccc8c7c6)c6ccccc6n5c4c3)c3ccccc3n21. The van der Waals surface area contributed by atoms with Crippen LogP contribution in [0.4, 0.5) is 0 Å². The van der Waals surface area contributed by atoms with Crippen LogP contribution in [0.15, 0.2) is 231 Å². The third kappa shape index (κ3) is 5.54. The van der Waals surface area contributed by atoms with E-state index in [9.17, 15) is 0 Å². The first kappa shape index (κ1) is 41.4. The Morgan fingerprint density at radius 3 is 1.04 bits per heavy atom. The Morgan fingerprint density at radius 2 is 0.579 bits per heavy atom. The smallest absolute Gasteiger partial charge is 0.220 e. The van der Waals surface area contributed by atoms with Gasteiger partial charge in [0.05, 0.1) is 49.8 Å². The van der Waals surface area contributed by atoms with Gasteiger partial charge in [-0.05, 0) is 178 Å². The van der Waals surface area contributed by atoms with Crippen LogP contribution in [0.2, 0.25) is 0 Å². The molecule has 0 aliphatic heterocycles. The van der Waals surface area contributed by atoms with E-state index in [1.54, 1.807) is 0 Å². The third-order valence-corrected chi connectivity index (χ3v) is 16.5. The van der Waals surface area contributed by atoms with Crippen molar-refractivity contribution in [2.24, 2.45) is 0 Å². The van der Waals surface area contributed by atoms with Gasteiger partial charge in [0.25, 0.3) is 0 Å². The normalized spacial score (nSPS) is 12.3. The standard InChI is InChI=1S/C70H44N6/c1-41-18-17-33-65-67(41)71-70-74(62-30-14-15-31-63(62)75(65)70)44-36-42(2)68-66(38-44)76-64-32-16-13-29-61(64)73(69(76)72-68)43-34-35-55-49-23-7-10-26-52(49)59-39-57-50-24-8-5-21-47(50)45-19-3-4-20-46(45)48-22-6-9-25-51(48)58(57)40-60(59)54-28-12-11-27-53(54)56(55)37-43/h3-40H,1-2H3. The quantitative estimate of drug-likeness (QED) is 0.173. The molecule has 0 radical (unpaired) electrons. The van der Waals surface area contributed by atoms with Crippen molar-refractivity contribution in [3.05, 3.63) is 242 Å². The van der Waals surface area contributed by atoms with E-state index in [0.29, 0.717) is 0 Å². The first-order valence-electron chi connectivity index (χ1n) is 26.2. The summed E-state index contributed by atoms with van der Waals surface area (Å²) in [6.45, 7) is 4.33. The van der Waals surface area contributed by atoms with Gasteiger partial charge in [0.1, 0.15) is 0 Å². The van der Waals surface area contributed by atoms with Crippen molar-refractivity contribution in [3.8, 4) is 11.4 Å². The highest BCUT2D eigenvalue weighted by molar-refractivity contribution is 6.32. The molecule has 0 spiro atoms. The second kappa shape index (κ2) is 15.3. The maximum Gasteiger partial charge on any atom is 0.220 e. The zero-order chi connectivity index (χ0) is 49.9. The summed E-state index contributed by atoms with van der Waals surface area (Å²) in [6.07, 6.45) is 0. The number of aromatic nitrogens is 6. The maximum absolute atomic E-state index is 5.58. The number of aryl methyl sites for hydroxylation is 2. The Bertz CT molecular complexity index is 5510. The second-order valence-corrected chi connectivity index (χ2v) is 20.6. The predicted octanol–water partition coefficient (Wildman–Crippen LogP) is 18.1. The van der Waals surface area contributed by atoms with Gasteiger partial charge >= 0.3 is 0 Å². The fourth-order valence-electron chi connectivity index (χ4n) is 13.2. The Labute approximate surface area is 434 Å². The summed E-state index contributed by atoms with van der Waals surface area (Å²) in [5, 5.41) is 19.5. The highest BCUT2D eigenvalue weighted by Gasteiger charge is 2.23. The van der Waals surface area contributed by atoms with Gasteiger partial charge in [-0.1, -0.05) is 164 Å². The van der Waals surface area contributed by atoms with Crippen molar-refractivity contribution in [1.82, 2.24) is 27.9 Å². The molecular weight excluding hydrogens is 925 g/mol. The van der Waals surface area contributed by atoms with Crippen molar-refractivity contribution >= 4 is 142 Å². The summed E-state index contributed by atoms with van der Waals surface area (Å²) in [5.74, 6) is 1.76. The fourth-order valence-corrected chi connectivity index (χ4v) is 13.2. The number of hydrogen-bond donors (Lipinski definition) is 0. The van der Waals surface area contributed by atoms with E-state index in [1.165, 1.54) is 86.2 Å². The molecule has 17 aromatic rings. The molecule has 13 aromatic carbocycles. The minimum atomic E-state index is 0.866. The molecule has 0 bridgehead atoms. The van der Waals surface area contributed by atoms with Crippen LogP contribution in [-0.4, -0.2) is 27.9 Å². The number of benzene rings is 11. The van der Waals surface area contributed by atoms with Crippen molar-refractivity contribution < 1.29 is 0 Å². The van der Waals surface area contributed by atoms with Gasteiger partial charge in [-0.2, -0.15) is 0 Å². The number of fused-ring (bicyclic) bond motifs is 26. The van der Waals surface area contributed by atoms with Crippen LogP contribution in [0.3, 0.4) is 0 Å². The number of nitrogens with zero attached hydrogens (tertiary/aromatic N) is 6. The Balaban J connectivity index is 0.966. The molecule has 0 amide bonds. The van der Waals surface area contributed by atoms with Gasteiger partial charge in [-0.15, -0.1) is 0 Å². The number of imidazole rings is 4. The predicted molar refractivity (Wildman–Crippen MR) is 320 cm³/mol. The molecule has 0 aliphatic rings. The van der Waals surface area contributed by atoms with Crippen LogP contribution in [0, 0.1) is 13.8 Å². The minimum Gasteiger partial charge on any atom is -0.278 e. The summed E-state index contributed by atoms with van der Waals surface area (Å²) in [6, 6.07) is 85.3. The molecule has 4 heterocycles. The summed E-state index contributed by atoms with van der Waals surface area (Å²) >= 11 is 0. The van der Waals surface area contributed by atoms with E-state index in [4.69, 9.17) is 9.97 Å². The molecule has 0 fully saturated rings. The Morgan fingerprint density at radius 1 is 0.237 bits per heavy atom. The molecule has 0 atom stereocenters. The van der Waals surface area contributed by atoms with Crippen molar-refractivity contribution in [2.75, 3.05) is 0 Å². The van der Waals surface area contributed by atoms with Crippen LogP contribution < -0.4 is 0 Å². The van der Waals surface area contributed by atoms with Crippen LogP contribution in [0.25, 0.3) is 153 Å². The van der Waals surface area contributed by atoms with E-state index >= 15 is 0 Å². The lowest BCUT2D eigenvalue weighted by atomic mass is 9.90. The molecule has 0 N–H and O–H groups in total. The highest BCUT2D eigenvalue weighted by Crippen LogP contribution is 2.43. The summed E-state index contributed by atoms with van der Waals surface area (Å²) < 4.78 is 9.34. The number of para-hydroxylation sites is 5. The Hall–Kier alpha value is -10.0. The van der Waals surface area contributed by atoms with E-state index in [1.807, 2.05) is 0 Å². The molecule has 0 unspecified atom stereocenters. The molecule has 354 valence electrons. The summed E-state index contributed by atoms with van der Waals surface area (Å²) in [4.78, 5) is 10.9. The van der Waals surface area contributed by atoms with E-state index < -0.39 is 0 Å². The van der Waals surface area contributed by atoms with Crippen molar-refractivity contribution in [2.45, 2.75) is 13.8 Å². The van der Waals surface area contributed by atoms with E-state index in [-0.39, 0.29) is 0 Å². The van der Waals surface area contributed by atoms with Gasteiger partial charge in [0, 0.05) is 5.69 Å². The third-order valence-electron chi connectivity index (χ3n) is 16.5. The molecule has 17 rings (SSSR count). The van der Waals surface area contributed by atoms with Gasteiger partial charge in [0.15, 0.2) is 0 Å². The zero-order valence-corrected chi connectivity index (χ0v) is 41.6. The second-order valence-electron chi connectivity index (χ2n) is 20.6. The number of rotatable bonds is 2. The average Bonchev–Trinajstić information content (AvgIpc) is 4.36. The monoisotopic (exact) mass is 968 g/mol. The summed E-state index contributed by atoms with van der Waals surface area (Å²) in [7, 11) is 0. The van der Waals surface area contributed by atoms with E-state index in [2.05, 4.69) is 262 Å². The Kier molecular flexibility index (Phi) is 8.32. The number of hydrogen-bond acceptors (Lipinski definition) is 2. The minimum absolute atomic E-state index is 0.866. The molecule has 6 nitrogen and oxygen atoms in total. The van der Waals surface area contributed by atoms with Crippen molar-refractivity contribution in [1.29, 1.82) is 0 Å². The molecule has 0 aliphatic carbocycles. The largest absolute Gasteiger partial charge is 0.278 e.